The Balaban J connectivity index is 1.95. The summed E-state index contributed by atoms with van der Waals surface area (Å²) in [4.78, 5) is 13.9. The lowest BCUT2D eigenvalue weighted by Crippen LogP contribution is -2.30. The molecule has 0 bridgehead atoms. The summed E-state index contributed by atoms with van der Waals surface area (Å²) in [6, 6.07) is 10.2. The molecule has 0 aliphatic heterocycles. The molecule has 1 amide bonds. The van der Waals surface area contributed by atoms with Crippen molar-refractivity contribution in [3.63, 3.8) is 0 Å². The Hall–Kier alpha value is -0.970. The maximum Gasteiger partial charge on any atom is 0.238 e. The van der Waals surface area contributed by atoms with E-state index in [1.54, 1.807) is 30.3 Å². The number of rotatable bonds is 5. The fourth-order valence-corrected chi connectivity index (χ4v) is 2.83. The number of hydrogen-bond acceptors (Lipinski definition) is 2. The van der Waals surface area contributed by atoms with Crippen LogP contribution in [-0.2, 0) is 11.3 Å². The third-order valence-corrected chi connectivity index (χ3v) is 4.22. The lowest BCUT2D eigenvalue weighted by atomic mass is 10.2. The molecule has 3 nitrogen and oxygen atoms in total. The molecule has 0 saturated heterocycles. The smallest absolute Gasteiger partial charge is 0.238 e. The summed E-state index contributed by atoms with van der Waals surface area (Å²) in [6.45, 7) is 0.703. The largest absolute Gasteiger partial charge is 0.324 e. The van der Waals surface area contributed by atoms with Crippen LogP contribution in [0.2, 0.25) is 20.1 Å². The summed E-state index contributed by atoms with van der Waals surface area (Å²) in [7, 11) is 1.82. The average Bonchev–Trinajstić information content (AvgIpc) is 2.46. The lowest BCUT2D eigenvalue weighted by molar-refractivity contribution is -0.117. The molecule has 2 aromatic carbocycles. The van der Waals surface area contributed by atoms with Crippen molar-refractivity contribution in [2.75, 3.05) is 18.9 Å². The predicted molar refractivity (Wildman–Crippen MR) is 97.9 cm³/mol. The van der Waals surface area contributed by atoms with Gasteiger partial charge in [-0.3, -0.25) is 9.69 Å². The molecule has 0 radical (unpaired) electrons. The minimum absolute atomic E-state index is 0.182. The van der Waals surface area contributed by atoms with E-state index in [0.29, 0.717) is 32.3 Å². The summed E-state index contributed by atoms with van der Waals surface area (Å²) in [5.74, 6) is -0.193. The van der Waals surface area contributed by atoms with E-state index in [1.165, 1.54) is 0 Å². The minimum atomic E-state index is -0.193. The van der Waals surface area contributed by atoms with Crippen LogP contribution < -0.4 is 5.32 Å². The number of nitrogens with zero attached hydrogens (tertiary/aromatic N) is 1. The van der Waals surface area contributed by atoms with E-state index in [4.69, 9.17) is 46.4 Å². The molecule has 0 aliphatic rings. The Morgan fingerprint density at radius 1 is 1.00 bits per heavy atom. The fourth-order valence-electron chi connectivity index (χ4n) is 2.02. The molecule has 0 heterocycles. The Bertz CT molecular complexity index is 721. The summed E-state index contributed by atoms with van der Waals surface area (Å²) in [6.07, 6.45) is 0. The molecule has 122 valence electrons. The Kier molecular flexibility index (Phi) is 6.57. The topological polar surface area (TPSA) is 32.3 Å². The first kappa shape index (κ1) is 18.4. The lowest BCUT2D eigenvalue weighted by Gasteiger charge is -2.17. The molecule has 0 aliphatic carbocycles. The molecule has 23 heavy (non-hydrogen) atoms. The summed E-state index contributed by atoms with van der Waals surface area (Å²) >= 11 is 23.9. The van der Waals surface area contributed by atoms with Gasteiger partial charge in [-0.25, -0.2) is 0 Å². The van der Waals surface area contributed by atoms with Crippen molar-refractivity contribution < 1.29 is 4.79 Å². The van der Waals surface area contributed by atoms with Gasteiger partial charge in [0, 0.05) is 21.6 Å². The number of hydrogen-bond donors (Lipinski definition) is 1. The zero-order chi connectivity index (χ0) is 17.0. The normalized spacial score (nSPS) is 10.9. The minimum Gasteiger partial charge on any atom is -0.324 e. The van der Waals surface area contributed by atoms with Gasteiger partial charge in [-0.1, -0.05) is 52.5 Å². The third kappa shape index (κ3) is 5.55. The molecule has 0 unspecified atom stereocenters. The van der Waals surface area contributed by atoms with Crippen LogP contribution in [0.25, 0.3) is 0 Å². The second-order valence-corrected chi connectivity index (χ2v) is 6.77. The van der Waals surface area contributed by atoms with Gasteiger partial charge in [0.1, 0.15) is 0 Å². The highest BCUT2D eigenvalue weighted by atomic mass is 35.5. The third-order valence-electron chi connectivity index (χ3n) is 3.07. The highest BCUT2D eigenvalue weighted by molar-refractivity contribution is 6.36. The Morgan fingerprint density at radius 2 is 1.65 bits per heavy atom. The molecular formula is C16H14Cl4N2O. The van der Waals surface area contributed by atoms with Gasteiger partial charge in [-0.2, -0.15) is 0 Å². The van der Waals surface area contributed by atoms with Crippen molar-refractivity contribution in [2.24, 2.45) is 0 Å². The number of likely N-dealkylation sites (N-methyl/N-ethyl adjacent to an activating group) is 1. The van der Waals surface area contributed by atoms with Crippen LogP contribution in [0.4, 0.5) is 5.69 Å². The number of nitrogens with one attached hydrogen (secondary N) is 1. The van der Waals surface area contributed by atoms with Crippen LogP contribution in [0.5, 0.6) is 0 Å². The van der Waals surface area contributed by atoms with Gasteiger partial charge in [-0.05, 0) is 42.9 Å². The summed E-state index contributed by atoms with van der Waals surface area (Å²) < 4.78 is 0. The number of halogens is 4. The Labute approximate surface area is 155 Å². The second-order valence-electron chi connectivity index (χ2n) is 5.08. The van der Waals surface area contributed by atoms with Gasteiger partial charge in [0.15, 0.2) is 0 Å². The molecule has 7 heteroatoms. The SMILES string of the molecule is CN(CC(=O)Nc1cc(Cl)ccc1Cl)Cc1ccc(Cl)cc1Cl. The maximum atomic E-state index is 12.1. The molecular weight excluding hydrogens is 378 g/mol. The molecule has 2 aromatic rings. The zero-order valence-corrected chi connectivity index (χ0v) is 15.3. The van der Waals surface area contributed by atoms with Crippen LogP contribution in [0.1, 0.15) is 5.56 Å². The van der Waals surface area contributed by atoms with Crippen LogP contribution in [-0.4, -0.2) is 24.4 Å². The molecule has 0 fully saturated rings. The molecule has 0 saturated carbocycles. The standard InChI is InChI=1S/C16H14Cl4N2O/c1-22(8-10-2-3-11(17)6-14(10)20)9-16(23)21-15-7-12(18)4-5-13(15)19/h2-7H,8-9H2,1H3,(H,21,23). The second kappa shape index (κ2) is 8.22. The average molecular weight is 392 g/mol. The van der Waals surface area contributed by atoms with Gasteiger partial charge in [0.2, 0.25) is 5.91 Å². The molecule has 1 N–H and O–H groups in total. The van der Waals surface area contributed by atoms with E-state index in [2.05, 4.69) is 5.32 Å². The van der Waals surface area contributed by atoms with E-state index in [9.17, 15) is 4.79 Å². The van der Waals surface area contributed by atoms with Gasteiger partial charge < -0.3 is 5.32 Å². The van der Waals surface area contributed by atoms with E-state index in [-0.39, 0.29) is 12.5 Å². The van der Waals surface area contributed by atoms with E-state index in [1.807, 2.05) is 18.0 Å². The van der Waals surface area contributed by atoms with E-state index >= 15 is 0 Å². The summed E-state index contributed by atoms with van der Waals surface area (Å²) in [5, 5.41) is 4.83. The highest BCUT2D eigenvalue weighted by Crippen LogP contribution is 2.25. The molecule has 2 rings (SSSR count). The van der Waals surface area contributed by atoms with Crippen LogP contribution >= 0.6 is 46.4 Å². The van der Waals surface area contributed by atoms with Crippen LogP contribution in [0.3, 0.4) is 0 Å². The van der Waals surface area contributed by atoms with E-state index < -0.39 is 0 Å². The molecule has 0 atom stereocenters. The highest BCUT2D eigenvalue weighted by Gasteiger charge is 2.11. The first-order chi connectivity index (χ1) is 10.8. The van der Waals surface area contributed by atoms with Crippen LogP contribution in [0.15, 0.2) is 36.4 Å². The fraction of sp³-hybridized carbons (Fsp3) is 0.188. The van der Waals surface area contributed by atoms with Crippen molar-refractivity contribution in [1.82, 2.24) is 4.90 Å². The number of amides is 1. The van der Waals surface area contributed by atoms with Crippen LogP contribution in [0, 0.1) is 0 Å². The van der Waals surface area contributed by atoms with Crippen molar-refractivity contribution in [1.29, 1.82) is 0 Å². The van der Waals surface area contributed by atoms with Crippen molar-refractivity contribution in [3.8, 4) is 0 Å². The monoisotopic (exact) mass is 390 g/mol. The summed E-state index contributed by atoms with van der Waals surface area (Å²) in [5.41, 5.74) is 1.38. The number of carbonyl (C=O) groups excluding carboxylic acids is 1. The maximum absolute atomic E-state index is 12.1. The van der Waals surface area contributed by atoms with Gasteiger partial charge >= 0.3 is 0 Å². The van der Waals surface area contributed by atoms with Gasteiger partial charge in [0.05, 0.1) is 17.3 Å². The number of carbonyl (C=O) groups is 1. The van der Waals surface area contributed by atoms with Crippen molar-refractivity contribution >= 4 is 58.0 Å². The van der Waals surface area contributed by atoms with Crippen molar-refractivity contribution in [2.45, 2.75) is 6.54 Å². The Morgan fingerprint density at radius 3 is 2.35 bits per heavy atom. The quantitative estimate of drug-likeness (QED) is 0.742. The molecule has 0 aromatic heterocycles. The number of anilines is 1. The molecule has 0 spiro atoms. The zero-order valence-electron chi connectivity index (χ0n) is 12.2. The van der Waals surface area contributed by atoms with E-state index in [0.717, 1.165) is 5.56 Å². The predicted octanol–water partition coefficient (Wildman–Crippen LogP) is 5.37. The van der Waals surface area contributed by atoms with Crippen molar-refractivity contribution in [3.05, 3.63) is 62.1 Å². The first-order valence-corrected chi connectivity index (χ1v) is 8.23. The first-order valence-electron chi connectivity index (χ1n) is 6.72. The number of benzene rings is 2. The van der Waals surface area contributed by atoms with Gasteiger partial charge in [0.25, 0.3) is 0 Å². The van der Waals surface area contributed by atoms with Gasteiger partial charge in [-0.15, -0.1) is 0 Å².